The fourth-order valence-electron chi connectivity index (χ4n) is 3.63. The summed E-state index contributed by atoms with van der Waals surface area (Å²) in [6, 6.07) is 10.7. The van der Waals surface area contributed by atoms with Gasteiger partial charge in [-0.05, 0) is 23.6 Å². The number of hydrogen-bond donors (Lipinski definition) is 1. The molecule has 6 nitrogen and oxygen atoms in total. The maximum absolute atomic E-state index is 11.8. The number of amides is 1. The van der Waals surface area contributed by atoms with Crippen molar-refractivity contribution in [3.63, 3.8) is 0 Å². The molecule has 7 heteroatoms. The summed E-state index contributed by atoms with van der Waals surface area (Å²) in [5, 5.41) is 2.08. The number of rotatable bonds is 3. The molecule has 1 aromatic carbocycles. The molecule has 0 atom stereocenters. The standard InChI is InChI=1S/C20H17N5OS/c1-2-17(26)24-8-13(9-24)25-10-14(18-19(21)22-11-23-20(18)25)16-7-12-5-3-4-6-15(12)27-16/h2-7,10-11,13H,1,8-9H2,(H2,21,22,23). The van der Waals surface area contributed by atoms with Crippen LogP contribution >= 0.6 is 11.3 Å². The minimum atomic E-state index is -0.0402. The van der Waals surface area contributed by atoms with Crippen LogP contribution in [-0.2, 0) is 4.79 Å². The lowest BCUT2D eigenvalue weighted by atomic mass is 10.1. The zero-order valence-electron chi connectivity index (χ0n) is 14.5. The van der Waals surface area contributed by atoms with Crippen LogP contribution in [0, 0.1) is 0 Å². The van der Waals surface area contributed by atoms with Crippen LogP contribution in [-0.4, -0.2) is 38.4 Å². The smallest absolute Gasteiger partial charge is 0.246 e. The maximum Gasteiger partial charge on any atom is 0.246 e. The Hall–Kier alpha value is -3.19. The lowest BCUT2D eigenvalue weighted by Crippen LogP contribution is -2.50. The highest BCUT2D eigenvalue weighted by Gasteiger charge is 2.32. The normalized spacial score (nSPS) is 14.6. The van der Waals surface area contributed by atoms with Crippen molar-refractivity contribution in [2.75, 3.05) is 18.8 Å². The molecule has 4 aromatic rings. The molecule has 2 N–H and O–H groups in total. The van der Waals surface area contributed by atoms with Gasteiger partial charge in [-0.3, -0.25) is 4.79 Å². The summed E-state index contributed by atoms with van der Waals surface area (Å²) in [5.41, 5.74) is 8.07. The second-order valence-corrected chi connectivity index (χ2v) is 7.74. The molecule has 5 rings (SSSR count). The molecule has 27 heavy (non-hydrogen) atoms. The van der Waals surface area contributed by atoms with Crippen LogP contribution in [0.4, 0.5) is 5.82 Å². The molecule has 0 saturated carbocycles. The van der Waals surface area contributed by atoms with E-state index in [0.717, 1.165) is 21.5 Å². The average molecular weight is 375 g/mol. The maximum atomic E-state index is 11.8. The number of benzene rings is 1. The van der Waals surface area contributed by atoms with E-state index in [0.29, 0.717) is 18.9 Å². The average Bonchev–Trinajstić information content (AvgIpc) is 3.23. The third-order valence-electron chi connectivity index (χ3n) is 5.07. The number of nitrogen functional groups attached to an aromatic ring is 1. The van der Waals surface area contributed by atoms with Gasteiger partial charge in [0.15, 0.2) is 0 Å². The number of carbonyl (C=O) groups excluding carboxylic acids is 1. The number of carbonyl (C=O) groups is 1. The van der Waals surface area contributed by atoms with Crippen molar-refractivity contribution in [2.45, 2.75) is 6.04 Å². The number of thiophene rings is 1. The lowest BCUT2D eigenvalue weighted by molar-refractivity contribution is -0.131. The van der Waals surface area contributed by atoms with E-state index >= 15 is 0 Å². The van der Waals surface area contributed by atoms with Gasteiger partial charge in [0.1, 0.15) is 17.8 Å². The van der Waals surface area contributed by atoms with Crippen LogP contribution in [0.15, 0.2) is 55.5 Å². The van der Waals surface area contributed by atoms with Gasteiger partial charge in [-0.2, -0.15) is 0 Å². The summed E-state index contributed by atoms with van der Waals surface area (Å²) in [5.74, 6) is 0.436. The number of likely N-dealkylation sites (tertiary alicyclic amines) is 1. The molecule has 0 unspecified atom stereocenters. The van der Waals surface area contributed by atoms with Crippen molar-refractivity contribution in [1.82, 2.24) is 19.4 Å². The molecule has 4 heterocycles. The summed E-state index contributed by atoms with van der Waals surface area (Å²) in [7, 11) is 0. The Balaban J connectivity index is 1.63. The summed E-state index contributed by atoms with van der Waals surface area (Å²) in [6.45, 7) is 4.84. The fraction of sp³-hybridized carbons (Fsp3) is 0.150. The first kappa shape index (κ1) is 16.0. The molecule has 134 valence electrons. The SMILES string of the molecule is C=CC(=O)N1CC(n2cc(-c3cc4ccccc4s3)c3c(N)ncnc32)C1. The third-order valence-corrected chi connectivity index (χ3v) is 6.22. The van der Waals surface area contributed by atoms with Crippen molar-refractivity contribution in [3.8, 4) is 10.4 Å². The van der Waals surface area contributed by atoms with E-state index in [-0.39, 0.29) is 11.9 Å². The highest BCUT2D eigenvalue weighted by atomic mass is 32.1. The molecule has 3 aromatic heterocycles. The molecule has 1 aliphatic rings. The van der Waals surface area contributed by atoms with E-state index in [1.165, 1.54) is 22.5 Å². The predicted molar refractivity (Wildman–Crippen MR) is 109 cm³/mol. The molecule has 0 bridgehead atoms. The van der Waals surface area contributed by atoms with Crippen LogP contribution in [0.25, 0.3) is 31.6 Å². The van der Waals surface area contributed by atoms with Gasteiger partial charge >= 0.3 is 0 Å². The van der Waals surface area contributed by atoms with Crippen LogP contribution in [0.1, 0.15) is 6.04 Å². The van der Waals surface area contributed by atoms with E-state index in [9.17, 15) is 4.79 Å². The minimum Gasteiger partial charge on any atom is -0.383 e. The molecule has 0 radical (unpaired) electrons. The molecular weight excluding hydrogens is 358 g/mol. The predicted octanol–water partition coefficient (Wildman–Crippen LogP) is 3.46. The van der Waals surface area contributed by atoms with Crippen LogP contribution in [0.3, 0.4) is 0 Å². The molecule has 1 saturated heterocycles. The Morgan fingerprint density at radius 2 is 2.11 bits per heavy atom. The monoisotopic (exact) mass is 375 g/mol. The van der Waals surface area contributed by atoms with Gasteiger partial charge in [-0.25, -0.2) is 9.97 Å². The highest BCUT2D eigenvalue weighted by molar-refractivity contribution is 7.22. The Morgan fingerprint density at radius 1 is 1.30 bits per heavy atom. The van der Waals surface area contributed by atoms with Gasteiger partial charge in [-0.1, -0.05) is 24.8 Å². The molecule has 1 amide bonds. The summed E-state index contributed by atoms with van der Waals surface area (Å²) >= 11 is 1.73. The van der Waals surface area contributed by atoms with Gasteiger partial charge < -0.3 is 15.2 Å². The van der Waals surface area contributed by atoms with Gasteiger partial charge in [0.25, 0.3) is 0 Å². The molecule has 1 fully saturated rings. The largest absolute Gasteiger partial charge is 0.383 e. The summed E-state index contributed by atoms with van der Waals surface area (Å²) in [6.07, 6.45) is 4.95. The van der Waals surface area contributed by atoms with Crippen LogP contribution in [0.2, 0.25) is 0 Å². The van der Waals surface area contributed by atoms with Gasteiger partial charge in [0, 0.05) is 34.4 Å². The molecule has 1 aliphatic heterocycles. The van der Waals surface area contributed by atoms with E-state index < -0.39 is 0 Å². The Labute approximate surface area is 159 Å². The Morgan fingerprint density at radius 3 is 2.89 bits per heavy atom. The van der Waals surface area contributed by atoms with Gasteiger partial charge in [-0.15, -0.1) is 11.3 Å². The number of hydrogen-bond acceptors (Lipinski definition) is 5. The summed E-state index contributed by atoms with van der Waals surface area (Å²) in [4.78, 5) is 23.4. The van der Waals surface area contributed by atoms with Crippen molar-refractivity contribution in [3.05, 3.63) is 55.5 Å². The van der Waals surface area contributed by atoms with Gasteiger partial charge in [0.05, 0.1) is 11.4 Å². The number of nitrogens with two attached hydrogens (primary N) is 1. The van der Waals surface area contributed by atoms with Crippen molar-refractivity contribution >= 4 is 44.2 Å². The first-order valence-corrected chi connectivity index (χ1v) is 9.48. The van der Waals surface area contributed by atoms with Crippen LogP contribution in [0.5, 0.6) is 0 Å². The number of aromatic nitrogens is 3. The number of anilines is 1. The minimum absolute atomic E-state index is 0.0402. The van der Waals surface area contributed by atoms with E-state index in [4.69, 9.17) is 5.73 Å². The Bertz CT molecular complexity index is 1170. The van der Waals surface area contributed by atoms with E-state index in [1.807, 2.05) is 12.1 Å². The zero-order chi connectivity index (χ0) is 18.5. The topological polar surface area (TPSA) is 77.0 Å². The first-order chi connectivity index (χ1) is 13.2. The van der Waals surface area contributed by atoms with E-state index in [2.05, 4.69) is 45.5 Å². The number of nitrogens with zero attached hydrogens (tertiary/aromatic N) is 4. The zero-order valence-corrected chi connectivity index (χ0v) is 15.3. The summed E-state index contributed by atoms with van der Waals surface area (Å²) < 4.78 is 3.36. The molecule has 0 spiro atoms. The lowest BCUT2D eigenvalue weighted by Gasteiger charge is -2.39. The van der Waals surface area contributed by atoms with E-state index in [1.54, 1.807) is 16.2 Å². The Kier molecular flexibility index (Phi) is 3.51. The fourth-order valence-corrected chi connectivity index (χ4v) is 4.71. The van der Waals surface area contributed by atoms with Crippen LogP contribution < -0.4 is 5.73 Å². The van der Waals surface area contributed by atoms with Crippen molar-refractivity contribution < 1.29 is 4.79 Å². The second kappa shape index (κ2) is 5.92. The van der Waals surface area contributed by atoms with Crippen molar-refractivity contribution in [2.24, 2.45) is 0 Å². The quantitative estimate of drug-likeness (QED) is 0.556. The first-order valence-electron chi connectivity index (χ1n) is 8.67. The molecule has 0 aliphatic carbocycles. The highest BCUT2D eigenvalue weighted by Crippen LogP contribution is 2.41. The second-order valence-electron chi connectivity index (χ2n) is 6.66. The molecular formula is C20H17N5OS. The number of fused-ring (bicyclic) bond motifs is 2. The third kappa shape index (κ3) is 2.43. The van der Waals surface area contributed by atoms with Crippen molar-refractivity contribution in [1.29, 1.82) is 0 Å². The van der Waals surface area contributed by atoms with Gasteiger partial charge in [0.2, 0.25) is 5.91 Å².